The Hall–Kier alpha value is 0.177. The summed E-state index contributed by atoms with van der Waals surface area (Å²) in [5, 5.41) is 0. The van der Waals surface area contributed by atoms with Gasteiger partial charge >= 0.3 is 0 Å². The zero-order chi connectivity index (χ0) is 17.6. The highest BCUT2D eigenvalue weighted by Gasteiger charge is 1.95. The van der Waals surface area contributed by atoms with E-state index in [9.17, 15) is 0 Å². The molecule has 0 aliphatic rings. The molecule has 0 saturated carbocycles. The summed E-state index contributed by atoms with van der Waals surface area (Å²) in [7, 11) is 0.750. The fourth-order valence-corrected chi connectivity index (χ4v) is 4.05. The largest absolute Gasteiger partial charge is 0.417 e. The van der Waals surface area contributed by atoms with Crippen molar-refractivity contribution in [3.05, 3.63) is 0 Å². The molecule has 0 unspecified atom stereocenters. The van der Waals surface area contributed by atoms with Crippen LogP contribution >= 0.6 is 0 Å². The van der Waals surface area contributed by atoms with Gasteiger partial charge in [0.15, 0.2) is 0 Å². The van der Waals surface area contributed by atoms with E-state index >= 15 is 0 Å². The Morgan fingerprint density at radius 1 is 0.458 bits per heavy atom. The van der Waals surface area contributed by atoms with Gasteiger partial charge in [-0.05, 0) is 12.5 Å². The van der Waals surface area contributed by atoms with Crippen molar-refractivity contribution in [3.63, 3.8) is 0 Å². The second-order valence-corrected chi connectivity index (χ2v) is 8.48. The molecule has 0 aliphatic carbocycles. The van der Waals surface area contributed by atoms with E-state index < -0.39 is 0 Å². The molecule has 0 aromatic heterocycles. The maximum absolute atomic E-state index is 5.68. The van der Waals surface area contributed by atoms with E-state index in [4.69, 9.17) is 4.43 Å². The zero-order valence-electron chi connectivity index (χ0n) is 17.1. The van der Waals surface area contributed by atoms with Gasteiger partial charge in [0.05, 0.1) is 0 Å². The first-order valence-electron chi connectivity index (χ1n) is 11.3. The van der Waals surface area contributed by atoms with Crippen molar-refractivity contribution in [1.29, 1.82) is 0 Å². The van der Waals surface area contributed by atoms with Crippen molar-refractivity contribution in [2.45, 2.75) is 135 Å². The van der Waals surface area contributed by atoms with E-state index in [0.29, 0.717) is 0 Å². The third-order valence-electron chi connectivity index (χ3n) is 4.83. The van der Waals surface area contributed by atoms with Crippen LogP contribution in [0.25, 0.3) is 0 Å². The van der Waals surface area contributed by atoms with Crippen LogP contribution in [-0.2, 0) is 4.43 Å². The van der Waals surface area contributed by atoms with Crippen LogP contribution < -0.4 is 0 Å². The number of hydrogen-bond donors (Lipinski definition) is 0. The second kappa shape index (κ2) is 23.2. The van der Waals surface area contributed by atoms with Crippen LogP contribution in [0.5, 0.6) is 0 Å². The summed E-state index contributed by atoms with van der Waals surface area (Å²) < 4.78 is 5.68. The molecule has 24 heavy (non-hydrogen) atoms. The average molecular weight is 355 g/mol. The number of unbranched alkanes of at least 4 members (excludes halogenated alkanes) is 16. The minimum absolute atomic E-state index is 0.750. The fraction of sp³-hybridized carbons (Fsp3) is 1.00. The molecule has 0 fully saturated rings. The molecule has 2 radical (unpaired) electrons. The van der Waals surface area contributed by atoms with Crippen molar-refractivity contribution in [3.8, 4) is 0 Å². The van der Waals surface area contributed by atoms with Crippen LogP contribution in [-0.4, -0.2) is 16.4 Å². The van der Waals surface area contributed by atoms with Crippen LogP contribution in [0.1, 0.15) is 129 Å². The van der Waals surface area contributed by atoms with Gasteiger partial charge < -0.3 is 4.43 Å². The highest BCUT2D eigenvalue weighted by molar-refractivity contribution is 6.26. The summed E-state index contributed by atoms with van der Waals surface area (Å²) in [5.41, 5.74) is 0. The Morgan fingerprint density at radius 3 is 1.25 bits per heavy atom. The first-order valence-corrected chi connectivity index (χ1v) is 12.4. The highest BCUT2D eigenvalue weighted by Crippen LogP contribution is 2.13. The lowest BCUT2D eigenvalue weighted by molar-refractivity contribution is 0.319. The Morgan fingerprint density at radius 2 is 0.833 bits per heavy atom. The van der Waals surface area contributed by atoms with Gasteiger partial charge in [0.25, 0.3) is 0 Å². The summed E-state index contributed by atoms with van der Waals surface area (Å²) >= 11 is 0. The number of rotatable bonds is 21. The smallest absolute Gasteiger partial charge is 0.229 e. The van der Waals surface area contributed by atoms with E-state index in [1.165, 1.54) is 122 Å². The quantitative estimate of drug-likeness (QED) is 0.149. The van der Waals surface area contributed by atoms with Crippen LogP contribution in [0.3, 0.4) is 0 Å². The third kappa shape index (κ3) is 22.2. The van der Waals surface area contributed by atoms with E-state index in [2.05, 4.69) is 13.8 Å². The average Bonchev–Trinajstić information content (AvgIpc) is 2.60. The SMILES string of the molecule is CCCCCCCCCCCCCCCCCCO[Si]CCCC. The van der Waals surface area contributed by atoms with Gasteiger partial charge in [-0.2, -0.15) is 0 Å². The highest BCUT2D eigenvalue weighted by atomic mass is 28.2. The van der Waals surface area contributed by atoms with Gasteiger partial charge in [-0.3, -0.25) is 0 Å². The lowest BCUT2D eigenvalue weighted by atomic mass is 10.0. The van der Waals surface area contributed by atoms with Gasteiger partial charge in [-0.25, -0.2) is 0 Å². The van der Waals surface area contributed by atoms with Crippen LogP contribution in [0, 0.1) is 0 Å². The molecule has 0 rings (SSSR count). The molecular formula is C22H46OSi. The maximum Gasteiger partial charge on any atom is 0.229 e. The minimum Gasteiger partial charge on any atom is -0.417 e. The van der Waals surface area contributed by atoms with Crippen molar-refractivity contribution >= 4 is 9.76 Å². The molecule has 144 valence electrons. The van der Waals surface area contributed by atoms with Gasteiger partial charge in [0.1, 0.15) is 0 Å². The zero-order valence-corrected chi connectivity index (χ0v) is 18.1. The maximum atomic E-state index is 5.68. The molecule has 0 heterocycles. The topological polar surface area (TPSA) is 9.23 Å². The molecule has 0 bridgehead atoms. The van der Waals surface area contributed by atoms with Crippen molar-refractivity contribution in [2.75, 3.05) is 6.61 Å². The van der Waals surface area contributed by atoms with Crippen molar-refractivity contribution in [1.82, 2.24) is 0 Å². The lowest BCUT2D eigenvalue weighted by Gasteiger charge is -2.04. The standard InChI is InChI=1S/C22H46OSi/c1-3-5-7-8-9-10-11-12-13-14-15-16-17-18-19-20-21-23-24-22-6-4-2/h3-22H2,1-2H3. The number of hydrogen-bond acceptors (Lipinski definition) is 1. The normalized spacial score (nSPS) is 11.2. The summed E-state index contributed by atoms with van der Waals surface area (Å²) in [6.45, 7) is 5.55. The predicted octanol–water partition coefficient (Wildman–Crippen LogP) is 8.10. The molecule has 2 heteroatoms. The molecule has 0 aliphatic heterocycles. The minimum atomic E-state index is 0.750. The monoisotopic (exact) mass is 354 g/mol. The molecular weight excluding hydrogens is 308 g/mol. The van der Waals surface area contributed by atoms with Crippen molar-refractivity contribution in [2.24, 2.45) is 0 Å². The Balaban J connectivity index is 2.93. The summed E-state index contributed by atoms with van der Waals surface area (Å²) in [5.74, 6) is 0. The lowest BCUT2D eigenvalue weighted by Crippen LogP contribution is -2.00. The summed E-state index contributed by atoms with van der Waals surface area (Å²) in [6, 6.07) is 1.27. The second-order valence-electron chi connectivity index (χ2n) is 7.40. The Bertz CT molecular complexity index is 186. The third-order valence-corrected chi connectivity index (χ3v) is 5.80. The van der Waals surface area contributed by atoms with Crippen molar-refractivity contribution < 1.29 is 4.43 Å². The molecule has 0 N–H and O–H groups in total. The van der Waals surface area contributed by atoms with Gasteiger partial charge in [-0.15, -0.1) is 0 Å². The predicted molar refractivity (Wildman–Crippen MR) is 111 cm³/mol. The fourth-order valence-electron chi connectivity index (χ4n) is 3.12. The van der Waals surface area contributed by atoms with E-state index in [1.807, 2.05) is 0 Å². The Kier molecular flexibility index (Phi) is 23.3. The molecule has 0 spiro atoms. The van der Waals surface area contributed by atoms with Crippen LogP contribution in [0.4, 0.5) is 0 Å². The molecule has 0 aromatic rings. The van der Waals surface area contributed by atoms with Gasteiger partial charge in [-0.1, -0.05) is 123 Å². The van der Waals surface area contributed by atoms with E-state index in [1.54, 1.807) is 0 Å². The molecule has 0 amide bonds. The first-order chi connectivity index (χ1) is 11.9. The molecule has 0 saturated heterocycles. The van der Waals surface area contributed by atoms with Gasteiger partial charge in [0, 0.05) is 6.61 Å². The van der Waals surface area contributed by atoms with E-state index in [0.717, 1.165) is 16.4 Å². The van der Waals surface area contributed by atoms with Crippen LogP contribution in [0.15, 0.2) is 0 Å². The summed E-state index contributed by atoms with van der Waals surface area (Å²) in [6.07, 6.45) is 25.6. The van der Waals surface area contributed by atoms with Crippen LogP contribution in [0.2, 0.25) is 6.04 Å². The molecule has 0 atom stereocenters. The first kappa shape index (κ1) is 24.2. The summed E-state index contributed by atoms with van der Waals surface area (Å²) in [4.78, 5) is 0. The Labute approximate surface area is 156 Å². The van der Waals surface area contributed by atoms with Gasteiger partial charge in [0.2, 0.25) is 9.76 Å². The molecule has 1 nitrogen and oxygen atoms in total. The van der Waals surface area contributed by atoms with E-state index in [-0.39, 0.29) is 0 Å². The molecule has 0 aromatic carbocycles.